The lowest BCUT2D eigenvalue weighted by Gasteiger charge is -2.05. The second kappa shape index (κ2) is 6.54. The van der Waals surface area contributed by atoms with Gasteiger partial charge in [-0.05, 0) is 26.0 Å². The molecule has 1 amide bonds. The number of Topliss-reactive ketones (excluding diaryl/α,β-unsaturated/α-hetero) is 1. The van der Waals surface area contributed by atoms with Crippen molar-refractivity contribution in [2.24, 2.45) is 0 Å². The van der Waals surface area contributed by atoms with Gasteiger partial charge in [-0.2, -0.15) is 0 Å². The number of amides is 1. The van der Waals surface area contributed by atoms with Crippen LogP contribution in [-0.2, 0) is 9.53 Å². The van der Waals surface area contributed by atoms with Gasteiger partial charge in [0.1, 0.15) is 6.54 Å². The predicted octanol–water partition coefficient (Wildman–Crippen LogP) is 1.18. The zero-order valence-corrected chi connectivity index (χ0v) is 10.4. The maximum absolute atomic E-state index is 11.6. The van der Waals surface area contributed by atoms with Gasteiger partial charge in [-0.25, -0.2) is 0 Å². The van der Waals surface area contributed by atoms with Gasteiger partial charge in [0, 0.05) is 11.1 Å². The van der Waals surface area contributed by atoms with Crippen molar-refractivity contribution in [3.05, 3.63) is 35.4 Å². The third-order valence-electron chi connectivity index (χ3n) is 2.25. The van der Waals surface area contributed by atoms with E-state index in [2.05, 4.69) is 10.1 Å². The van der Waals surface area contributed by atoms with Crippen LogP contribution < -0.4 is 5.32 Å². The summed E-state index contributed by atoms with van der Waals surface area (Å²) in [5, 5.41) is 2.43. The Bertz CT molecular complexity index is 451. The first-order valence-electron chi connectivity index (χ1n) is 5.59. The molecule has 1 rings (SSSR count). The molecule has 1 aromatic carbocycles. The molecule has 0 spiro atoms. The van der Waals surface area contributed by atoms with Crippen molar-refractivity contribution in [1.82, 2.24) is 5.32 Å². The van der Waals surface area contributed by atoms with E-state index in [0.717, 1.165) is 0 Å². The molecule has 0 saturated heterocycles. The molecule has 0 aliphatic heterocycles. The van der Waals surface area contributed by atoms with Crippen LogP contribution in [0.5, 0.6) is 0 Å². The number of hydrogen-bond acceptors (Lipinski definition) is 4. The zero-order valence-electron chi connectivity index (χ0n) is 10.4. The number of esters is 1. The van der Waals surface area contributed by atoms with Crippen LogP contribution in [0.15, 0.2) is 24.3 Å². The summed E-state index contributed by atoms with van der Waals surface area (Å²) >= 11 is 0. The van der Waals surface area contributed by atoms with Crippen molar-refractivity contribution in [3.8, 4) is 0 Å². The molecule has 5 nitrogen and oxygen atoms in total. The maximum Gasteiger partial charge on any atom is 0.325 e. The third-order valence-corrected chi connectivity index (χ3v) is 2.25. The van der Waals surface area contributed by atoms with Crippen molar-refractivity contribution in [2.45, 2.75) is 13.8 Å². The average molecular weight is 249 g/mol. The number of ketones is 1. The topological polar surface area (TPSA) is 72.5 Å². The predicted molar refractivity (Wildman–Crippen MR) is 65.4 cm³/mol. The average Bonchev–Trinajstić information content (AvgIpc) is 2.36. The number of carbonyl (C=O) groups excluding carboxylic acids is 3. The second-order valence-electron chi connectivity index (χ2n) is 3.62. The number of rotatable bonds is 5. The Morgan fingerprint density at radius 2 is 1.67 bits per heavy atom. The van der Waals surface area contributed by atoms with Crippen molar-refractivity contribution in [3.63, 3.8) is 0 Å². The summed E-state index contributed by atoms with van der Waals surface area (Å²) in [5.41, 5.74) is 0.932. The summed E-state index contributed by atoms with van der Waals surface area (Å²) in [5.74, 6) is -0.919. The van der Waals surface area contributed by atoms with E-state index in [0.29, 0.717) is 11.1 Å². The molecule has 0 unspecified atom stereocenters. The van der Waals surface area contributed by atoms with Gasteiger partial charge in [-0.15, -0.1) is 0 Å². The van der Waals surface area contributed by atoms with E-state index in [1.165, 1.54) is 19.1 Å². The lowest BCUT2D eigenvalue weighted by molar-refractivity contribution is -0.141. The molecule has 1 aromatic rings. The SMILES string of the molecule is CCOC(=O)CNC(=O)c1ccc(C(C)=O)cc1. The molecule has 0 radical (unpaired) electrons. The summed E-state index contributed by atoms with van der Waals surface area (Å²) in [4.78, 5) is 33.7. The summed E-state index contributed by atoms with van der Waals surface area (Å²) in [6.45, 7) is 3.26. The van der Waals surface area contributed by atoms with Gasteiger partial charge in [0.05, 0.1) is 6.61 Å². The van der Waals surface area contributed by atoms with Crippen LogP contribution in [0.3, 0.4) is 0 Å². The van der Waals surface area contributed by atoms with Crippen molar-refractivity contribution < 1.29 is 19.1 Å². The van der Waals surface area contributed by atoms with Crippen molar-refractivity contribution >= 4 is 17.7 Å². The Hall–Kier alpha value is -2.17. The van der Waals surface area contributed by atoms with Gasteiger partial charge in [-0.3, -0.25) is 14.4 Å². The van der Waals surface area contributed by atoms with Crippen molar-refractivity contribution in [1.29, 1.82) is 0 Å². The van der Waals surface area contributed by atoms with Gasteiger partial charge >= 0.3 is 5.97 Å². The molecule has 0 saturated carbocycles. The van der Waals surface area contributed by atoms with Crippen LogP contribution in [-0.4, -0.2) is 30.8 Å². The molecular weight excluding hydrogens is 234 g/mol. The fourth-order valence-electron chi connectivity index (χ4n) is 1.32. The van der Waals surface area contributed by atoms with E-state index in [1.54, 1.807) is 19.1 Å². The van der Waals surface area contributed by atoms with E-state index in [-0.39, 0.29) is 24.8 Å². The summed E-state index contributed by atoms with van der Waals surface area (Å²) in [6.07, 6.45) is 0. The van der Waals surface area contributed by atoms with Gasteiger partial charge in [-0.1, -0.05) is 12.1 Å². The highest BCUT2D eigenvalue weighted by atomic mass is 16.5. The molecule has 0 aliphatic rings. The number of nitrogens with one attached hydrogen (secondary N) is 1. The highest BCUT2D eigenvalue weighted by molar-refractivity contribution is 5.98. The molecule has 1 N–H and O–H groups in total. The maximum atomic E-state index is 11.6. The van der Waals surface area contributed by atoms with E-state index in [4.69, 9.17) is 0 Å². The summed E-state index contributed by atoms with van der Waals surface area (Å²) < 4.78 is 4.68. The van der Waals surface area contributed by atoms with E-state index < -0.39 is 5.97 Å². The summed E-state index contributed by atoms with van der Waals surface area (Å²) in [6, 6.07) is 6.22. The summed E-state index contributed by atoms with van der Waals surface area (Å²) in [7, 11) is 0. The quantitative estimate of drug-likeness (QED) is 0.628. The Balaban J connectivity index is 2.56. The van der Waals surface area contributed by atoms with Crippen LogP contribution >= 0.6 is 0 Å². The Morgan fingerprint density at radius 1 is 1.11 bits per heavy atom. The molecule has 96 valence electrons. The largest absolute Gasteiger partial charge is 0.465 e. The molecule has 18 heavy (non-hydrogen) atoms. The fraction of sp³-hybridized carbons (Fsp3) is 0.308. The fourth-order valence-corrected chi connectivity index (χ4v) is 1.32. The molecule has 0 fully saturated rings. The van der Waals surface area contributed by atoms with Crippen LogP contribution in [0, 0.1) is 0 Å². The minimum atomic E-state index is -0.480. The lowest BCUT2D eigenvalue weighted by Crippen LogP contribution is -2.30. The zero-order chi connectivity index (χ0) is 13.5. The molecule has 5 heteroatoms. The van der Waals surface area contributed by atoms with Gasteiger partial charge < -0.3 is 10.1 Å². The Morgan fingerprint density at radius 3 is 2.17 bits per heavy atom. The highest BCUT2D eigenvalue weighted by Gasteiger charge is 2.08. The number of benzene rings is 1. The van der Waals surface area contributed by atoms with Crippen LogP contribution in [0.2, 0.25) is 0 Å². The van der Waals surface area contributed by atoms with Crippen LogP contribution in [0.25, 0.3) is 0 Å². The first-order chi connectivity index (χ1) is 8.54. The van der Waals surface area contributed by atoms with Crippen LogP contribution in [0.4, 0.5) is 0 Å². The third kappa shape index (κ3) is 4.01. The second-order valence-corrected chi connectivity index (χ2v) is 3.62. The molecule has 0 heterocycles. The lowest BCUT2D eigenvalue weighted by atomic mass is 10.1. The molecular formula is C13H15NO4. The normalized spacial score (nSPS) is 9.67. The molecule has 0 bridgehead atoms. The Kier molecular flexibility index (Phi) is 5.05. The van der Waals surface area contributed by atoms with Crippen LogP contribution in [0.1, 0.15) is 34.6 Å². The number of carbonyl (C=O) groups is 3. The Labute approximate surface area is 105 Å². The minimum Gasteiger partial charge on any atom is -0.465 e. The van der Waals surface area contributed by atoms with E-state index in [9.17, 15) is 14.4 Å². The molecule has 0 aromatic heterocycles. The highest BCUT2D eigenvalue weighted by Crippen LogP contribution is 2.04. The first-order valence-corrected chi connectivity index (χ1v) is 5.59. The molecule has 0 aliphatic carbocycles. The molecule has 0 atom stereocenters. The van der Waals surface area contributed by atoms with E-state index in [1.807, 2.05) is 0 Å². The van der Waals surface area contributed by atoms with Gasteiger partial charge in [0.25, 0.3) is 5.91 Å². The smallest absolute Gasteiger partial charge is 0.325 e. The number of ether oxygens (including phenoxy) is 1. The van der Waals surface area contributed by atoms with Gasteiger partial charge in [0.15, 0.2) is 5.78 Å². The van der Waals surface area contributed by atoms with Gasteiger partial charge in [0.2, 0.25) is 0 Å². The minimum absolute atomic E-state index is 0.0616. The number of hydrogen-bond donors (Lipinski definition) is 1. The van der Waals surface area contributed by atoms with Crippen molar-refractivity contribution in [2.75, 3.05) is 13.2 Å². The first kappa shape index (κ1) is 13.9. The standard InChI is InChI=1S/C13H15NO4/c1-3-18-12(16)8-14-13(17)11-6-4-10(5-7-11)9(2)15/h4-7H,3,8H2,1-2H3,(H,14,17). The monoisotopic (exact) mass is 249 g/mol. The van der Waals surface area contributed by atoms with E-state index >= 15 is 0 Å².